The van der Waals surface area contributed by atoms with E-state index >= 15 is 0 Å². The van der Waals surface area contributed by atoms with Gasteiger partial charge in [-0.25, -0.2) is 0 Å². The third kappa shape index (κ3) is 6.51. The molecule has 0 spiro atoms. The van der Waals surface area contributed by atoms with Crippen molar-refractivity contribution in [3.05, 3.63) is 10.4 Å². The fourth-order valence-corrected chi connectivity index (χ4v) is 0.859. The highest BCUT2D eigenvalue weighted by molar-refractivity contribution is 9.14. The Morgan fingerprint density at radius 1 is 1.47 bits per heavy atom. The third-order valence-electron chi connectivity index (χ3n) is 1.30. The molecule has 0 fully saturated rings. The molecule has 0 aliphatic rings. The number of alkyl halides is 1. The maximum Gasteiger partial charge on any atom is 0.313 e. The van der Waals surface area contributed by atoms with Crippen LogP contribution in [0, 0.1) is 0 Å². The molecule has 0 aromatic carbocycles. The Bertz CT molecular complexity index is 285. The van der Waals surface area contributed by atoms with Gasteiger partial charge in [-0.15, -0.1) is 0 Å². The van der Waals surface area contributed by atoms with Crippen molar-refractivity contribution in [2.24, 2.45) is 0 Å². The molecular formula is C8H9Br2O5-. The number of aliphatic hydroxyl groups is 1. The van der Waals surface area contributed by atoms with E-state index in [0.717, 1.165) is 0 Å². The summed E-state index contributed by atoms with van der Waals surface area (Å²) < 4.78 is 4.72. The molecule has 1 N–H and O–H groups in total. The molecule has 0 aromatic rings. The predicted octanol–water partition coefficient (Wildman–Crippen LogP) is 0.965. The minimum absolute atomic E-state index is 0.216. The van der Waals surface area contributed by atoms with Crippen LogP contribution in [-0.2, 0) is 14.3 Å². The van der Waals surface area contributed by atoms with Crippen LogP contribution in [0.5, 0.6) is 0 Å². The number of hydrogen-bond acceptors (Lipinski definition) is 5. The van der Waals surface area contributed by atoms with Gasteiger partial charge in [-0.1, -0.05) is 15.9 Å². The Hall–Kier alpha value is -0.560. The Labute approximate surface area is 103 Å². The van der Waals surface area contributed by atoms with Crippen molar-refractivity contribution in [2.45, 2.75) is 24.6 Å². The minimum atomic E-state index is -1.34. The number of esters is 1. The van der Waals surface area contributed by atoms with Gasteiger partial charge in [0.2, 0.25) is 0 Å². The molecule has 5 nitrogen and oxygen atoms in total. The Morgan fingerprint density at radius 3 is 2.40 bits per heavy atom. The number of aliphatic carboxylic acids is 1. The number of hydrogen-bond donors (Lipinski definition) is 1. The molecule has 0 radical (unpaired) electrons. The summed E-state index contributed by atoms with van der Waals surface area (Å²) >= 11 is 6.13. The van der Waals surface area contributed by atoms with Gasteiger partial charge < -0.3 is 19.7 Å². The summed E-state index contributed by atoms with van der Waals surface area (Å²) in [5, 5.41) is 19.2. The van der Waals surface area contributed by atoms with Crippen LogP contribution in [-0.4, -0.2) is 21.9 Å². The zero-order valence-corrected chi connectivity index (χ0v) is 11.0. The van der Waals surface area contributed by atoms with Crippen molar-refractivity contribution in [1.29, 1.82) is 0 Å². The third-order valence-corrected chi connectivity index (χ3v) is 3.40. The molecular weight excluding hydrogens is 336 g/mol. The van der Waals surface area contributed by atoms with Crippen molar-refractivity contribution in [2.75, 3.05) is 0 Å². The summed E-state index contributed by atoms with van der Waals surface area (Å²) in [6.07, 6.45) is -0.781. The molecule has 0 aromatic heterocycles. The Morgan fingerprint density at radius 2 is 2.00 bits per heavy atom. The van der Waals surface area contributed by atoms with E-state index in [4.69, 9.17) is 0 Å². The van der Waals surface area contributed by atoms with Gasteiger partial charge in [0, 0.05) is 5.97 Å². The van der Waals surface area contributed by atoms with E-state index in [1.54, 1.807) is 6.92 Å². The minimum Gasteiger partial charge on any atom is -0.550 e. The van der Waals surface area contributed by atoms with Crippen molar-refractivity contribution in [3.8, 4) is 0 Å². The molecule has 0 amide bonds. The number of carboxylic acids is 1. The first kappa shape index (κ1) is 14.4. The van der Waals surface area contributed by atoms with Crippen molar-refractivity contribution >= 4 is 43.8 Å². The summed E-state index contributed by atoms with van der Waals surface area (Å²) in [4.78, 5) is 20.7. The van der Waals surface area contributed by atoms with Crippen molar-refractivity contribution < 1.29 is 24.5 Å². The van der Waals surface area contributed by atoms with Crippen LogP contribution < -0.4 is 5.11 Å². The second-order valence-corrected chi connectivity index (χ2v) is 4.84. The highest BCUT2D eigenvalue weighted by Gasteiger charge is 2.13. The van der Waals surface area contributed by atoms with Gasteiger partial charge in [-0.05, 0) is 29.3 Å². The van der Waals surface area contributed by atoms with Gasteiger partial charge in [0.25, 0.3) is 5.95 Å². The molecule has 0 heterocycles. The highest BCUT2D eigenvalue weighted by Crippen LogP contribution is 2.21. The van der Waals surface area contributed by atoms with Gasteiger partial charge >= 0.3 is 5.97 Å². The van der Waals surface area contributed by atoms with Crippen LogP contribution in [0.1, 0.15) is 19.8 Å². The lowest BCUT2D eigenvalue weighted by atomic mass is 10.3. The summed E-state index contributed by atoms with van der Waals surface area (Å²) in [5.41, 5.74) is 0. The first-order chi connectivity index (χ1) is 6.84. The van der Waals surface area contributed by atoms with E-state index in [1.165, 1.54) is 0 Å². The monoisotopic (exact) mass is 343 g/mol. The molecule has 1 atom stereocenters. The predicted molar refractivity (Wildman–Crippen MR) is 57.3 cm³/mol. The topological polar surface area (TPSA) is 86.7 Å². The van der Waals surface area contributed by atoms with E-state index in [1.807, 2.05) is 0 Å². The first-order valence-corrected chi connectivity index (χ1v) is 5.68. The lowest BCUT2D eigenvalue weighted by molar-refractivity contribution is -0.305. The zero-order valence-electron chi connectivity index (χ0n) is 7.83. The standard InChI is InChI=1S/C8H10Br2O5/c1-4(9)7(10)8(14)15-6(13)3-2-5(11)12/h4,14H,2-3H2,1H3,(H,11,12)/p-1/b8-7-. The second-order valence-electron chi connectivity index (χ2n) is 2.62. The molecule has 0 aliphatic heterocycles. The van der Waals surface area contributed by atoms with Crippen LogP contribution in [0.15, 0.2) is 10.4 Å². The molecule has 86 valence electrons. The number of halogens is 2. The molecule has 0 aliphatic carbocycles. The molecule has 0 bridgehead atoms. The van der Waals surface area contributed by atoms with Crippen LogP contribution in [0.25, 0.3) is 0 Å². The smallest absolute Gasteiger partial charge is 0.313 e. The largest absolute Gasteiger partial charge is 0.550 e. The van der Waals surface area contributed by atoms with Crippen molar-refractivity contribution in [1.82, 2.24) is 0 Å². The number of ether oxygens (including phenoxy) is 1. The van der Waals surface area contributed by atoms with E-state index in [0.29, 0.717) is 0 Å². The van der Waals surface area contributed by atoms with Gasteiger partial charge in [0.15, 0.2) is 0 Å². The lowest BCUT2D eigenvalue weighted by Gasteiger charge is -2.07. The van der Waals surface area contributed by atoms with Crippen LogP contribution in [0.3, 0.4) is 0 Å². The van der Waals surface area contributed by atoms with Crippen molar-refractivity contribution in [3.63, 3.8) is 0 Å². The molecule has 0 saturated carbocycles. The number of carbonyl (C=O) groups is 2. The van der Waals surface area contributed by atoms with Crippen LogP contribution >= 0.6 is 31.9 Å². The lowest BCUT2D eigenvalue weighted by Crippen LogP contribution is -2.23. The number of carboxylic acid groups (broad SMARTS) is 1. The summed E-state index contributed by atoms with van der Waals surface area (Å²) in [7, 11) is 0. The fourth-order valence-electron chi connectivity index (χ4n) is 0.582. The summed E-state index contributed by atoms with van der Waals surface area (Å²) in [5.74, 6) is -2.76. The summed E-state index contributed by atoms with van der Waals surface area (Å²) in [6, 6.07) is 0. The number of allylic oxidation sites excluding steroid dienone is 1. The molecule has 0 saturated heterocycles. The van der Waals surface area contributed by atoms with Gasteiger partial charge in [0.05, 0.1) is 15.7 Å². The molecule has 1 unspecified atom stereocenters. The summed E-state index contributed by atoms with van der Waals surface area (Å²) in [6.45, 7) is 1.70. The molecule has 0 rings (SSSR count). The Kier molecular flexibility index (Phi) is 6.58. The van der Waals surface area contributed by atoms with Crippen LogP contribution in [0.4, 0.5) is 0 Å². The molecule has 15 heavy (non-hydrogen) atoms. The number of carbonyl (C=O) groups excluding carboxylic acids is 2. The van der Waals surface area contributed by atoms with E-state index < -0.39 is 24.3 Å². The Balaban J connectivity index is 4.18. The average Bonchev–Trinajstić information content (AvgIpc) is 2.13. The van der Waals surface area contributed by atoms with Crippen LogP contribution in [0.2, 0.25) is 0 Å². The average molecular weight is 345 g/mol. The van der Waals surface area contributed by atoms with Gasteiger partial charge in [-0.2, -0.15) is 0 Å². The maximum absolute atomic E-state index is 10.9. The quantitative estimate of drug-likeness (QED) is 0.456. The fraction of sp³-hybridized carbons (Fsp3) is 0.500. The SMILES string of the molecule is CC(Br)/C(Br)=C(\O)OC(=O)CCC(=O)[O-]. The van der Waals surface area contributed by atoms with E-state index in [2.05, 4.69) is 36.6 Å². The van der Waals surface area contributed by atoms with E-state index in [-0.39, 0.29) is 15.7 Å². The number of rotatable bonds is 5. The second kappa shape index (κ2) is 6.84. The van der Waals surface area contributed by atoms with Gasteiger partial charge in [-0.3, -0.25) is 4.79 Å². The molecule has 7 heteroatoms. The van der Waals surface area contributed by atoms with E-state index in [9.17, 15) is 19.8 Å². The normalized spacial score (nSPS) is 14.1. The zero-order chi connectivity index (χ0) is 12.0. The first-order valence-electron chi connectivity index (χ1n) is 3.97. The number of aliphatic hydroxyl groups excluding tert-OH is 1. The maximum atomic E-state index is 10.9. The van der Waals surface area contributed by atoms with Gasteiger partial charge in [0.1, 0.15) is 0 Å². The highest BCUT2D eigenvalue weighted by atomic mass is 79.9.